The third-order valence-electron chi connectivity index (χ3n) is 5.47. The van der Waals surface area contributed by atoms with Crippen LogP contribution < -0.4 is 0 Å². The maximum Gasteiger partial charge on any atom is 0.0897 e. The molecule has 0 saturated carbocycles. The summed E-state index contributed by atoms with van der Waals surface area (Å²) >= 11 is 1.74. The van der Waals surface area contributed by atoms with Crippen molar-refractivity contribution in [2.75, 3.05) is 39.4 Å². The second kappa shape index (κ2) is 8.13. The summed E-state index contributed by atoms with van der Waals surface area (Å²) in [5.41, 5.74) is 2.79. The van der Waals surface area contributed by atoms with E-state index in [1.807, 2.05) is 12.4 Å². The van der Waals surface area contributed by atoms with E-state index >= 15 is 0 Å². The molecule has 2 saturated heterocycles. The molecule has 0 aliphatic carbocycles. The minimum atomic E-state index is 0.243. The fraction of sp³-hybridized carbons (Fsp3) is 0.600. The molecule has 2 aromatic rings. The number of nitrogens with zero attached hydrogens (tertiary/aromatic N) is 4. The lowest BCUT2D eigenvalue weighted by molar-refractivity contribution is 0.00242. The molecule has 0 amide bonds. The van der Waals surface area contributed by atoms with Gasteiger partial charge in [0.2, 0.25) is 0 Å². The van der Waals surface area contributed by atoms with Crippen LogP contribution in [0.4, 0.5) is 0 Å². The fourth-order valence-corrected chi connectivity index (χ4v) is 4.97. The molecule has 4 heterocycles. The molecule has 0 unspecified atom stereocenters. The molecule has 1 spiro atoms. The van der Waals surface area contributed by atoms with E-state index in [0.717, 1.165) is 50.9 Å². The average Bonchev–Trinajstić information content (AvgIpc) is 2.94. The van der Waals surface area contributed by atoms with Crippen LogP contribution in [0.15, 0.2) is 29.9 Å². The van der Waals surface area contributed by atoms with Crippen molar-refractivity contribution in [1.82, 2.24) is 19.8 Å². The van der Waals surface area contributed by atoms with Crippen molar-refractivity contribution in [2.45, 2.75) is 32.9 Å². The van der Waals surface area contributed by atoms with Crippen molar-refractivity contribution in [3.63, 3.8) is 0 Å². The van der Waals surface area contributed by atoms with Crippen molar-refractivity contribution in [3.05, 3.63) is 46.2 Å². The Morgan fingerprint density at radius 2 is 1.96 bits per heavy atom. The van der Waals surface area contributed by atoms with E-state index in [9.17, 15) is 0 Å². The van der Waals surface area contributed by atoms with Crippen molar-refractivity contribution in [2.24, 2.45) is 5.41 Å². The summed E-state index contributed by atoms with van der Waals surface area (Å²) in [5.74, 6) is 0. The largest absolute Gasteiger partial charge is 0.379 e. The first-order valence-electron chi connectivity index (χ1n) is 9.53. The second-order valence-corrected chi connectivity index (χ2v) is 8.85. The van der Waals surface area contributed by atoms with E-state index in [2.05, 4.69) is 44.2 Å². The van der Waals surface area contributed by atoms with Gasteiger partial charge >= 0.3 is 0 Å². The molecule has 6 heteroatoms. The number of piperidine rings is 1. The molecule has 2 aliphatic rings. The zero-order valence-corrected chi connectivity index (χ0v) is 16.4. The Labute approximate surface area is 160 Å². The maximum atomic E-state index is 6.06. The average molecular weight is 373 g/mol. The van der Waals surface area contributed by atoms with Gasteiger partial charge in [-0.15, -0.1) is 11.3 Å². The fourth-order valence-electron chi connectivity index (χ4n) is 4.36. The topological polar surface area (TPSA) is 41.5 Å². The third-order valence-corrected chi connectivity index (χ3v) is 6.29. The number of hydrogen-bond donors (Lipinski definition) is 0. The lowest BCUT2D eigenvalue weighted by Gasteiger charge is -2.43. The Hall–Kier alpha value is -1.34. The van der Waals surface area contributed by atoms with E-state index in [1.54, 1.807) is 11.3 Å². The molecule has 0 N–H and O–H groups in total. The summed E-state index contributed by atoms with van der Waals surface area (Å²) in [6.45, 7) is 10.1. The lowest BCUT2D eigenvalue weighted by atomic mass is 9.80. The quantitative estimate of drug-likeness (QED) is 0.825. The molecule has 4 rings (SSSR count). The minimum Gasteiger partial charge on any atom is -0.379 e. The van der Waals surface area contributed by atoms with Gasteiger partial charge in [0.05, 0.1) is 23.9 Å². The van der Waals surface area contributed by atoms with Gasteiger partial charge < -0.3 is 4.74 Å². The van der Waals surface area contributed by atoms with E-state index in [4.69, 9.17) is 4.74 Å². The van der Waals surface area contributed by atoms with Crippen molar-refractivity contribution in [3.8, 4) is 0 Å². The summed E-state index contributed by atoms with van der Waals surface area (Å²) in [5, 5.41) is 3.35. The Morgan fingerprint density at radius 3 is 2.73 bits per heavy atom. The van der Waals surface area contributed by atoms with E-state index in [1.165, 1.54) is 30.6 Å². The number of likely N-dealkylation sites (tertiary alicyclic amines) is 1. The van der Waals surface area contributed by atoms with Crippen LogP contribution in [0.25, 0.3) is 0 Å². The summed E-state index contributed by atoms with van der Waals surface area (Å²) in [7, 11) is 0. The molecule has 2 aromatic heterocycles. The van der Waals surface area contributed by atoms with Crippen molar-refractivity contribution < 1.29 is 4.74 Å². The number of pyridine rings is 1. The van der Waals surface area contributed by atoms with Gasteiger partial charge in [-0.05, 0) is 44.0 Å². The molecule has 1 atom stereocenters. The van der Waals surface area contributed by atoms with Crippen molar-refractivity contribution in [1.29, 1.82) is 0 Å². The lowest BCUT2D eigenvalue weighted by Crippen LogP contribution is -2.50. The zero-order chi connectivity index (χ0) is 17.8. The van der Waals surface area contributed by atoms with Crippen LogP contribution in [0.1, 0.15) is 29.1 Å². The molecule has 0 aromatic carbocycles. The Kier molecular flexibility index (Phi) is 5.64. The number of thiazole rings is 1. The predicted molar refractivity (Wildman–Crippen MR) is 104 cm³/mol. The first-order chi connectivity index (χ1) is 12.7. The highest BCUT2D eigenvalue weighted by Gasteiger charge is 2.38. The highest BCUT2D eigenvalue weighted by atomic mass is 32.1. The van der Waals surface area contributed by atoms with Crippen LogP contribution in [-0.4, -0.2) is 59.2 Å². The van der Waals surface area contributed by atoms with Gasteiger partial charge in [-0.25, -0.2) is 4.98 Å². The molecule has 140 valence electrons. The van der Waals surface area contributed by atoms with Crippen LogP contribution in [0.5, 0.6) is 0 Å². The SMILES string of the molecule is Cc1nc(CN2CCOC[C@]3(CCCN(Cc4ccncc4)C3)C2)cs1. The van der Waals surface area contributed by atoms with Crippen LogP contribution in [-0.2, 0) is 17.8 Å². The van der Waals surface area contributed by atoms with Crippen molar-refractivity contribution >= 4 is 11.3 Å². The molecule has 2 fully saturated rings. The Morgan fingerprint density at radius 1 is 1.15 bits per heavy atom. The zero-order valence-electron chi connectivity index (χ0n) is 15.6. The maximum absolute atomic E-state index is 6.06. The van der Waals surface area contributed by atoms with E-state index in [-0.39, 0.29) is 5.41 Å². The summed E-state index contributed by atoms with van der Waals surface area (Å²) in [4.78, 5) is 13.9. The van der Waals surface area contributed by atoms with Gasteiger partial charge in [-0.3, -0.25) is 14.8 Å². The smallest absolute Gasteiger partial charge is 0.0897 e. The first kappa shape index (κ1) is 18.0. The second-order valence-electron chi connectivity index (χ2n) is 7.79. The van der Waals surface area contributed by atoms with Gasteiger partial charge in [0.25, 0.3) is 0 Å². The predicted octanol–water partition coefficient (Wildman–Crippen LogP) is 2.96. The van der Waals surface area contributed by atoms with Gasteiger partial charge in [0.1, 0.15) is 0 Å². The minimum absolute atomic E-state index is 0.243. The number of ether oxygens (including phenoxy) is 1. The van der Waals surface area contributed by atoms with Gasteiger partial charge in [0, 0.05) is 55.9 Å². The molecular formula is C20H28N4OS. The summed E-state index contributed by atoms with van der Waals surface area (Å²) in [6, 6.07) is 4.25. The van der Waals surface area contributed by atoms with Crippen LogP contribution in [0, 0.1) is 12.3 Å². The van der Waals surface area contributed by atoms with Gasteiger partial charge in [-0.1, -0.05) is 0 Å². The number of aromatic nitrogens is 2. The highest BCUT2D eigenvalue weighted by Crippen LogP contribution is 2.34. The summed E-state index contributed by atoms with van der Waals surface area (Å²) in [6.07, 6.45) is 6.29. The highest BCUT2D eigenvalue weighted by molar-refractivity contribution is 7.09. The van der Waals surface area contributed by atoms with E-state index < -0.39 is 0 Å². The summed E-state index contributed by atoms with van der Waals surface area (Å²) < 4.78 is 6.06. The van der Waals surface area contributed by atoms with Crippen LogP contribution in [0.2, 0.25) is 0 Å². The van der Waals surface area contributed by atoms with E-state index in [0.29, 0.717) is 0 Å². The number of rotatable bonds is 4. The molecule has 5 nitrogen and oxygen atoms in total. The molecule has 2 aliphatic heterocycles. The molecule has 0 bridgehead atoms. The Bertz CT molecular complexity index is 707. The first-order valence-corrected chi connectivity index (χ1v) is 10.4. The molecule has 26 heavy (non-hydrogen) atoms. The van der Waals surface area contributed by atoms with Gasteiger partial charge in [-0.2, -0.15) is 0 Å². The standard InChI is InChI=1S/C20H28N4OS/c1-17-22-19(13-26-17)12-24-9-10-25-16-20(15-24)5-2-8-23(14-20)11-18-3-6-21-7-4-18/h3-4,6-7,13H,2,5,8-12,14-16H2,1H3/t20-/m0/s1. The monoisotopic (exact) mass is 372 g/mol. The Balaban J connectivity index is 1.43. The van der Waals surface area contributed by atoms with Crippen LogP contribution >= 0.6 is 11.3 Å². The number of hydrogen-bond acceptors (Lipinski definition) is 6. The third kappa shape index (κ3) is 4.49. The van der Waals surface area contributed by atoms with Gasteiger partial charge in [0.15, 0.2) is 0 Å². The number of aryl methyl sites for hydroxylation is 1. The van der Waals surface area contributed by atoms with Crippen LogP contribution in [0.3, 0.4) is 0 Å². The molecular weight excluding hydrogens is 344 g/mol. The molecule has 0 radical (unpaired) electrons. The normalized spacial score (nSPS) is 25.4.